The Morgan fingerprint density at radius 3 is 1.96 bits per heavy atom. The van der Waals surface area contributed by atoms with E-state index in [-0.39, 0.29) is 0 Å². The average Bonchev–Trinajstić information content (AvgIpc) is 2.65. The molecule has 1 aliphatic carbocycles. The fourth-order valence-electron chi connectivity index (χ4n) is 3.77. The van der Waals surface area contributed by atoms with Gasteiger partial charge in [0.05, 0.1) is 0 Å². The number of benzene rings is 1. The van der Waals surface area contributed by atoms with Gasteiger partial charge in [-0.2, -0.15) is 0 Å². The average molecular weight is 450 g/mol. The SMILES string of the molecule is [2H][C@@]1([Se]c2ccccc2)[C@@H]([Si](C)(C)C)C(C#N)(C#N)C1(C(=O)OC)C(=O)OC. The number of rotatable bonds is 5. The molecule has 1 aromatic carbocycles. The molecule has 1 aromatic rings. The monoisotopic (exact) mass is 451 g/mol. The van der Waals surface area contributed by atoms with Crippen molar-refractivity contribution in [3.8, 4) is 12.1 Å². The van der Waals surface area contributed by atoms with Crippen molar-refractivity contribution < 1.29 is 20.4 Å². The zero-order valence-corrected chi connectivity index (χ0v) is 18.6. The van der Waals surface area contributed by atoms with Crippen LogP contribution in [0.1, 0.15) is 1.37 Å². The van der Waals surface area contributed by atoms with Crippen LogP contribution in [0.5, 0.6) is 0 Å². The Morgan fingerprint density at radius 2 is 1.59 bits per heavy atom. The quantitative estimate of drug-likeness (QED) is 0.386. The van der Waals surface area contributed by atoms with Crippen LogP contribution in [-0.2, 0) is 19.1 Å². The Balaban J connectivity index is 2.89. The summed E-state index contributed by atoms with van der Waals surface area (Å²) in [5.74, 6) is -2.13. The second kappa shape index (κ2) is 7.48. The fourth-order valence-corrected chi connectivity index (χ4v) is 11.7. The molecule has 1 fully saturated rings. The Labute approximate surface area is 168 Å². The third-order valence-electron chi connectivity index (χ3n) is 4.83. The number of esters is 2. The molecule has 0 bridgehead atoms. The summed E-state index contributed by atoms with van der Waals surface area (Å²) in [4.78, 5) is 24.3. The molecule has 0 unspecified atom stereocenters. The van der Waals surface area contributed by atoms with Crippen molar-refractivity contribution in [2.45, 2.75) is 30.0 Å². The van der Waals surface area contributed by atoms with Crippen molar-refractivity contribution >= 4 is 39.4 Å². The van der Waals surface area contributed by atoms with E-state index in [4.69, 9.17) is 9.47 Å². The maximum atomic E-state index is 13.0. The summed E-state index contributed by atoms with van der Waals surface area (Å²) < 4.78 is 20.0. The van der Waals surface area contributed by atoms with Gasteiger partial charge in [0.15, 0.2) is 0 Å². The van der Waals surface area contributed by atoms with E-state index in [9.17, 15) is 21.5 Å². The molecule has 27 heavy (non-hydrogen) atoms. The van der Waals surface area contributed by atoms with Crippen molar-refractivity contribution in [3.63, 3.8) is 0 Å². The summed E-state index contributed by atoms with van der Waals surface area (Å²) in [6, 6.07) is 13.0. The standard InChI is InChI=1S/C19H22N2O4SeSi/c1-24-16(22)19(17(23)25-2)14(26-13-9-7-6-8-10-13)15(27(3,4)5)18(19,11-20)12-21/h6-10,14-15H,1-5H3/t14-,15-/m1/s1/i14D. The van der Waals surface area contributed by atoms with Crippen molar-refractivity contribution in [2.24, 2.45) is 10.8 Å². The first kappa shape index (κ1) is 19.6. The number of hydrogen-bond donors (Lipinski definition) is 0. The van der Waals surface area contributed by atoms with Crippen LogP contribution < -0.4 is 4.46 Å². The molecular weight excluding hydrogens is 427 g/mol. The van der Waals surface area contributed by atoms with Crippen LogP contribution in [0, 0.1) is 33.5 Å². The summed E-state index contributed by atoms with van der Waals surface area (Å²) in [7, 11) is -0.204. The van der Waals surface area contributed by atoms with E-state index in [2.05, 4.69) is 0 Å². The summed E-state index contributed by atoms with van der Waals surface area (Å²) in [5.41, 5.74) is -5.09. The van der Waals surface area contributed by atoms with Gasteiger partial charge in [0.25, 0.3) is 0 Å². The molecular formula is C19H22N2O4SeSi. The van der Waals surface area contributed by atoms with Crippen molar-refractivity contribution in [1.82, 2.24) is 0 Å². The van der Waals surface area contributed by atoms with E-state index >= 15 is 0 Å². The Hall–Kier alpha value is -2.12. The molecule has 1 saturated carbocycles. The van der Waals surface area contributed by atoms with Gasteiger partial charge >= 0.3 is 168 Å². The van der Waals surface area contributed by atoms with Gasteiger partial charge in [0.2, 0.25) is 0 Å². The first-order chi connectivity index (χ1) is 13.0. The third kappa shape index (κ3) is 2.89. The van der Waals surface area contributed by atoms with Crippen LogP contribution in [0.15, 0.2) is 30.3 Å². The van der Waals surface area contributed by atoms with Crippen molar-refractivity contribution in [1.29, 1.82) is 10.5 Å². The second-order valence-corrected chi connectivity index (χ2v) is 15.0. The van der Waals surface area contributed by atoms with Crippen LogP contribution in [0.25, 0.3) is 0 Å². The van der Waals surface area contributed by atoms with Gasteiger partial charge in [-0.1, -0.05) is 0 Å². The molecule has 0 aromatic heterocycles. The maximum absolute atomic E-state index is 13.0. The molecule has 2 rings (SSSR count). The van der Waals surface area contributed by atoms with Gasteiger partial charge in [0, 0.05) is 0 Å². The minimum absolute atomic E-state index is 0.723. The summed E-state index contributed by atoms with van der Waals surface area (Å²) in [6.07, 6.45) is 0. The van der Waals surface area contributed by atoms with Gasteiger partial charge in [0.1, 0.15) is 0 Å². The first-order valence-corrected chi connectivity index (χ1v) is 13.6. The van der Waals surface area contributed by atoms with Crippen molar-refractivity contribution in [2.75, 3.05) is 14.2 Å². The molecule has 6 nitrogen and oxygen atoms in total. The summed E-state index contributed by atoms with van der Waals surface area (Å²) in [5, 5.41) is 20.1. The fraction of sp³-hybridized carbons (Fsp3) is 0.474. The third-order valence-corrected chi connectivity index (χ3v) is 10.4. The van der Waals surface area contributed by atoms with E-state index in [1.165, 1.54) is 0 Å². The number of ether oxygens (including phenoxy) is 2. The van der Waals surface area contributed by atoms with E-state index in [0.29, 0.717) is 0 Å². The second-order valence-electron chi connectivity index (χ2n) is 7.34. The molecule has 0 N–H and O–H groups in total. The summed E-state index contributed by atoms with van der Waals surface area (Å²) in [6.45, 7) is 5.80. The normalized spacial score (nSPS) is 25.7. The van der Waals surface area contributed by atoms with Gasteiger partial charge in [-0.25, -0.2) is 0 Å². The van der Waals surface area contributed by atoms with Gasteiger partial charge in [-0.3, -0.25) is 0 Å². The number of nitrogens with zero attached hydrogens (tertiary/aromatic N) is 2. The molecule has 0 amide bonds. The molecule has 8 heteroatoms. The Kier molecular flexibility index (Phi) is 5.44. The number of hydrogen-bond acceptors (Lipinski definition) is 6. The zero-order chi connectivity index (χ0) is 21.4. The molecule has 0 spiro atoms. The Bertz CT molecular complexity index is 845. The molecule has 1 aliphatic rings. The van der Waals surface area contributed by atoms with Crippen molar-refractivity contribution in [3.05, 3.63) is 30.3 Å². The first-order valence-electron chi connectivity index (χ1n) is 8.77. The summed E-state index contributed by atoms with van der Waals surface area (Å²) >= 11 is -0.723. The van der Waals surface area contributed by atoms with Crippen LogP contribution in [0.3, 0.4) is 0 Å². The van der Waals surface area contributed by atoms with Gasteiger partial charge in [-0.15, -0.1) is 0 Å². The topological polar surface area (TPSA) is 100 Å². The molecule has 0 aliphatic heterocycles. The van der Waals surface area contributed by atoms with E-state index in [1.807, 2.05) is 62.1 Å². The minimum atomic E-state index is -2.38. The van der Waals surface area contributed by atoms with Gasteiger partial charge < -0.3 is 0 Å². The Morgan fingerprint density at radius 1 is 1.11 bits per heavy atom. The predicted octanol–water partition coefficient (Wildman–Crippen LogP) is 1.89. The number of carbonyl (C=O) groups is 2. The van der Waals surface area contributed by atoms with Gasteiger partial charge in [-0.05, 0) is 0 Å². The van der Waals surface area contributed by atoms with Crippen LogP contribution in [-0.4, -0.2) is 49.2 Å². The van der Waals surface area contributed by atoms with Crippen LogP contribution in [0.2, 0.25) is 30.0 Å². The zero-order valence-electron chi connectivity index (χ0n) is 16.9. The predicted molar refractivity (Wildman–Crippen MR) is 103 cm³/mol. The van der Waals surface area contributed by atoms with Crippen LogP contribution >= 0.6 is 0 Å². The number of nitriles is 2. The van der Waals surface area contributed by atoms with E-state index in [0.717, 1.165) is 18.7 Å². The molecule has 0 saturated heterocycles. The van der Waals surface area contributed by atoms with E-state index in [1.54, 1.807) is 0 Å². The molecule has 142 valence electrons. The molecule has 0 heterocycles. The molecule has 2 atom stereocenters. The number of methoxy groups -OCH3 is 2. The number of carbonyl (C=O) groups excluding carboxylic acids is 2. The van der Waals surface area contributed by atoms with E-state index < -0.39 is 56.1 Å². The molecule has 0 radical (unpaired) electrons. The van der Waals surface area contributed by atoms with Crippen LogP contribution in [0.4, 0.5) is 0 Å².